The molecule has 7 nitrogen and oxygen atoms in total. The van der Waals surface area contributed by atoms with Gasteiger partial charge in [-0.3, -0.25) is 0 Å². The van der Waals surface area contributed by atoms with Gasteiger partial charge in [0.15, 0.2) is 12.6 Å². The van der Waals surface area contributed by atoms with Gasteiger partial charge in [-0.05, 0) is 125 Å². The number of methoxy groups -OCH3 is 1. The summed E-state index contributed by atoms with van der Waals surface area (Å²) in [5, 5.41) is 6.82. The maximum Gasteiger partial charge on any atom is 0.196 e. The summed E-state index contributed by atoms with van der Waals surface area (Å²) >= 11 is 0. The Morgan fingerprint density at radius 3 is 1.40 bits per heavy atom. The highest BCUT2D eigenvalue weighted by atomic mass is 16.7. The van der Waals surface area contributed by atoms with Crippen molar-refractivity contribution < 1.29 is 18.9 Å². The Morgan fingerprint density at radius 1 is 0.574 bits per heavy atom. The Bertz CT molecular complexity index is 1660. The Balaban J connectivity index is 1.43. The molecule has 0 saturated carbocycles. The van der Waals surface area contributed by atoms with Crippen LogP contribution in [0, 0.1) is 13.8 Å². The molecule has 5 rings (SSSR count). The van der Waals surface area contributed by atoms with Crippen molar-refractivity contribution in [2.24, 2.45) is 5.10 Å². The first-order chi connectivity index (χ1) is 22.8. The summed E-state index contributed by atoms with van der Waals surface area (Å²) in [4.78, 5) is 2.26. The van der Waals surface area contributed by atoms with E-state index in [0.717, 1.165) is 39.7 Å². The first-order valence-electron chi connectivity index (χ1n) is 15.9. The Kier molecular flexibility index (Phi) is 11.3. The van der Waals surface area contributed by atoms with Gasteiger partial charge in [0.2, 0.25) is 0 Å². The monoisotopic (exact) mass is 629 g/mol. The second-order valence-electron chi connectivity index (χ2n) is 11.2. The van der Waals surface area contributed by atoms with E-state index in [4.69, 9.17) is 24.0 Å². The van der Waals surface area contributed by atoms with Crippen LogP contribution in [0.25, 0.3) is 0 Å². The third-order valence-corrected chi connectivity index (χ3v) is 7.56. The van der Waals surface area contributed by atoms with E-state index in [1.807, 2.05) is 80.5 Å². The average Bonchev–Trinajstić information content (AvgIpc) is 3.08. The van der Waals surface area contributed by atoms with Crippen LogP contribution in [-0.2, 0) is 9.47 Å². The molecule has 0 aromatic heterocycles. The number of hydrazone groups is 1. The number of aryl methyl sites for hydroxylation is 2. The van der Waals surface area contributed by atoms with Gasteiger partial charge < -0.3 is 23.8 Å². The van der Waals surface area contributed by atoms with E-state index in [9.17, 15) is 0 Å². The van der Waals surface area contributed by atoms with Crippen LogP contribution in [0.2, 0.25) is 0 Å². The van der Waals surface area contributed by atoms with E-state index < -0.39 is 0 Å². The van der Waals surface area contributed by atoms with Gasteiger partial charge in [-0.25, -0.2) is 5.01 Å². The number of nitrogens with zero attached hydrogens (tertiary/aromatic N) is 3. The molecular weight excluding hydrogens is 586 g/mol. The topological polar surface area (TPSA) is 55.8 Å². The molecule has 0 aliphatic rings. The summed E-state index contributed by atoms with van der Waals surface area (Å²) in [7, 11) is 1.62. The maximum absolute atomic E-state index is 5.88. The number of rotatable bonds is 14. The van der Waals surface area contributed by atoms with Gasteiger partial charge in [-0.2, -0.15) is 5.10 Å². The van der Waals surface area contributed by atoms with Gasteiger partial charge >= 0.3 is 0 Å². The minimum Gasteiger partial charge on any atom is -0.465 e. The van der Waals surface area contributed by atoms with Gasteiger partial charge in [-0.15, -0.1) is 0 Å². The second-order valence-corrected chi connectivity index (χ2v) is 11.2. The Morgan fingerprint density at radius 2 is 0.979 bits per heavy atom. The molecule has 0 aliphatic carbocycles. The molecular formula is C40H43N3O4. The van der Waals surface area contributed by atoms with Crippen molar-refractivity contribution in [2.45, 2.75) is 47.2 Å². The molecule has 0 saturated heterocycles. The second kappa shape index (κ2) is 15.9. The summed E-state index contributed by atoms with van der Waals surface area (Å²) in [6, 6.07) is 41.2. The van der Waals surface area contributed by atoms with Crippen molar-refractivity contribution in [2.75, 3.05) is 23.6 Å². The molecule has 2 unspecified atom stereocenters. The van der Waals surface area contributed by atoms with E-state index in [0.29, 0.717) is 12.4 Å². The number of hydrogen-bond acceptors (Lipinski definition) is 7. The van der Waals surface area contributed by atoms with Gasteiger partial charge in [0.25, 0.3) is 0 Å². The van der Waals surface area contributed by atoms with Crippen molar-refractivity contribution in [1.82, 2.24) is 0 Å². The molecule has 0 amide bonds. The zero-order valence-corrected chi connectivity index (χ0v) is 28.0. The maximum atomic E-state index is 5.88. The normalized spacial score (nSPS) is 12.5. The molecule has 0 heterocycles. The lowest BCUT2D eigenvalue weighted by Crippen LogP contribution is -2.16. The highest BCUT2D eigenvalue weighted by molar-refractivity contribution is 5.84. The highest BCUT2D eigenvalue weighted by Crippen LogP contribution is 2.35. The fourth-order valence-corrected chi connectivity index (χ4v) is 4.98. The lowest BCUT2D eigenvalue weighted by Gasteiger charge is -2.26. The molecule has 47 heavy (non-hydrogen) atoms. The highest BCUT2D eigenvalue weighted by Gasteiger charge is 2.14. The zero-order chi connectivity index (χ0) is 33.2. The summed E-state index contributed by atoms with van der Waals surface area (Å²) < 4.78 is 22.5. The molecule has 5 aromatic rings. The van der Waals surface area contributed by atoms with Crippen molar-refractivity contribution in [3.63, 3.8) is 0 Å². The SMILES string of the molecule is CCOC(C)Oc1ccc(N(N=Cc2ccc(N(c3ccc(C)cc3)c3ccc(C)cc3)cc2)c2ccc(OC(C)OC)cc2)cc1. The third-order valence-electron chi connectivity index (χ3n) is 7.56. The fourth-order valence-electron chi connectivity index (χ4n) is 4.98. The van der Waals surface area contributed by atoms with Crippen LogP contribution in [0.15, 0.2) is 126 Å². The summed E-state index contributed by atoms with van der Waals surface area (Å²) in [5.41, 5.74) is 8.42. The molecule has 0 fully saturated rings. The molecule has 7 heteroatoms. The molecule has 5 aromatic carbocycles. The van der Waals surface area contributed by atoms with Crippen molar-refractivity contribution in [3.05, 3.63) is 138 Å². The van der Waals surface area contributed by atoms with Crippen LogP contribution in [0.5, 0.6) is 11.5 Å². The first kappa shape index (κ1) is 33.3. The van der Waals surface area contributed by atoms with E-state index >= 15 is 0 Å². The van der Waals surface area contributed by atoms with E-state index in [-0.39, 0.29) is 12.6 Å². The quantitative estimate of drug-likeness (QED) is 0.0692. The molecule has 242 valence electrons. The van der Waals surface area contributed by atoms with E-state index in [2.05, 4.69) is 91.5 Å². The largest absolute Gasteiger partial charge is 0.465 e. The minimum atomic E-state index is -0.350. The van der Waals surface area contributed by atoms with E-state index in [1.165, 1.54) is 11.1 Å². The fraction of sp³-hybridized carbons (Fsp3) is 0.225. The van der Waals surface area contributed by atoms with Crippen molar-refractivity contribution in [3.8, 4) is 11.5 Å². The van der Waals surface area contributed by atoms with Crippen LogP contribution < -0.4 is 19.4 Å². The van der Waals surface area contributed by atoms with Crippen LogP contribution in [0.3, 0.4) is 0 Å². The summed E-state index contributed by atoms with van der Waals surface area (Å²) in [6.45, 7) is 10.5. The van der Waals surface area contributed by atoms with Gasteiger partial charge in [-0.1, -0.05) is 47.5 Å². The molecule has 0 aliphatic heterocycles. The Labute approximate surface area is 278 Å². The smallest absolute Gasteiger partial charge is 0.196 e. The molecule has 0 spiro atoms. The number of anilines is 5. The van der Waals surface area contributed by atoms with Gasteiger partial charge in [0, 0.05) is 30.8 Å². The van der Waals surface area contributed by atoms with Crippen LogP contribution in [0.1, 0.15) is 37.5 Å². The van der Waals surface area contributed by atoms with Crippen LogP contribution in [0.4, 0.5) is 28.4 Å². The number of hydrogen-bond donors (Lipinski definition) is 0. The zero-order valence-electron chi connectivity index (χ0n) is 28.0. The predicted octanol–water partition coefficient (Wildman–Crippen LogP) is 10.1. The summed E-state index contributed by atoms with van der Waals surface area (Å²) in [6.07, 6.45) is 1.18. The minimum absolute atomic E-state index is 0.335. The summed E-state index contributed by atoms with van der Waals surface area (Å²) in [5.74, 6) is 1.43. The average molecular weight is 630 g/mol. The van der Waals surface area contributed by atoms with Gasteiger partial charge in [0.05, 0.1) is 17.6 Å². The third kappa shape index (κ3) is 9.00. The van der Waals surface area contributed by atoms with Crippen LogP contribution in [-0.4, -0.2) is 32.5 Å². The first-order valence-corrected chi connectivity index (χ1v) is 15.9. The number of ether oxygens (including phenoxy) is 4. The van der Waals surface area contributed by atoms with E-state index in [1.54, 1.807) is 7.11 Å². The van der Waals surface area contributed by atoms with Gasteiger partial charge in [0.1, 0.15) is 11.5 Å². The predicted molar refractivity (Wildman–Crippen MR) is 192 cm³/mol. The molecule has 0 bridgehead atoms. The van der Waals surface area contributed by atoms with Crippen LogP contribution >= 0.6 is 0 Å². The Hall–Kier alpha value is -5.11. The van der Waals surface area contributed by atoms with Crippen molar-refractivity contribution >= 4 is 34.7 Å². The molecule has 0 N–H and O–H groups in total. The number of benzene rings is 5. The van der Waals surface area contributed by atoms with Crippen molar-refractivity contribution in [1.29, 1.82) is 0 Å². The standard InChI is InChI=1S/C40H43N3O4/c1-7-45-32(5)47-40-26-22-38(23-27-40)43(37-20-24-39(25-21-37)46-31(4)44-6)41-28-33-12-18-36(19-13-33)42(34-14-8-29(2)9-15-34)35-16-10-30(3)11-17-35/h8-28,31-32H,7H2,1-6H3. The lowest BCUT2D eigenvalue weighted by molar-refractivity contribution is -0.0613. The lowest BCUT2D eigenvalue weighted by atomic mass is 10.1. The molecule has 0 radical (unpaired) electrons. The molecule has 2 atom stereocenters.